The summed E-state index contributed by atoms with van der Waals surface area (Å²) in [6.07, 6.45) is 0.675. The Morgan fingerprint density at radius 3 is 2.56 bits per heavy atom. The van der Waals surface area contributed by atoms with Gasteiger partial charge in [-0.25, -0.2) is 4.98 Å². The Kier molecular flexibility index (Phi) is 6.87. The van der Waals surface area contributed by atoms with Crippen molar-refractivity contribution < 1.29 is 9.59 Å². The first kappa shape index (κ1) is 22.0. The molecule has 0 radical (unpaired) electrons. The summed E-state index contributed by atoms with van der Waals surface area (Å²) in [6, 6.07) is 21.2. The number of fused-ring (bicyclic) bond motifs is 1. The number of aromatic nitrogens is 1. The first-order valence-electron chi connectivity index (χ1n) is 10.3. The number of benzene rings is 3. The molecule has 7 heteroatoms. The molecule has 0 saturated heterocycles. The maximum atomic E-state index is 12.8. The van der Waals surface area contributed by atoms with Crippen LogP contribution in [0.25, 0.3) is 10.8 Å². The van der Waals surface area contributed by atoms with Crippen LogP contribution in [0.2, 0.25) is 0 Å². The summed E-state index contributed by atoms with van der Waals surface area (Å²) >= 11 is 2.90. The Bertz CT molecular complexity index is 1270. The number of thioether (sulfide) groups is 1. The fraction of sp³-hybridized carbons (Fsp3) is 0.160. The lowest BCUT2D eigenvalue weighted by Crippen LogP contribution is -2.24. The maximum absolute atomic E-state index is 12.8. The molecule has 2 N–H and O–H groups in total. The van der Waals surface area contributed by atoms with Crippen LogP contribution in [-0.2, 0) is 4.79 Å². The van der Waals surface area contributed by atoms with E-state index in [2.05, 4.69) is 15.6 Å². The molecule has 1 aromatic heterocycles. The van der Waals surface area contributed by atoms with Crippen LogP contribution in [0.3, 0.4) is 0 Å². The number of aryl methyl sites for hydroxylation is 1. The highest BCUT2D eigenvalue weighted by Crippen LogP contribution is 2.29. The number of anilines is 2. The summed E-state index contributed by atoms with van der Waals surface area (Å²) in [5.41, 5.74) is 2.19. The van der Waals surface area contributed by atoms with Crippen LogP contribution in [0.4, 0.5) is 10.8 Å². The predicted octanol–water partition coefficient (Wildman–Crippen LogP) is 6.37. The molecule has 0 aliphatic heterocycles. The van der Waals surface area contributed by atoms with Gasteiger partial charge in [0.15, 0.2) is 5.13 Å². The van der Waals surface area contributed by atoms with Crippen molar-refractivity contribution in [3.05, 3.63) is 83.4 Å². The van der Waals surface area contributed by atoms with Crippen LogP contribution in [0.1, 0.15) is 29.4 Å². The zero-order chi connectivity index (χ0) is 22.5. The second kappa shape index (κ2) is 9.97. The highest BCUT2D eigenvalue weighted by Gasteiger charge is 2.19. The molecule has 4 aromatic rings. The Morgan fingerprint density at radius 1 is 1.00 bits per heavy atom. The van der Waals surface area contributed by atoms with Crippen molar-refractivity contribution in [3.8, 4) is 0 Å². The van der Waals surface area contributed by atoms with E-state index < -0.39 is 0 Å². The third kappa shape index (κ3) is 5.36. The van der Waals surface area contributed by atoms with Gasteiger partial charge in [-0.3, -0.25) is 9.59 Å². The number of rotatable bonds is 7. The van der Waals surface area contributed by atoms with Crippen LogP contribution in [0.15, 0.2) is 77.0 Å². The normalized spacial score (nSPS) is 11.8. The van der Waals surface area contributed by atoms with Gasteiger partial charge >= 0.3 is 0 Å². The van der Waals surface area contributed by atoms with E-state index in [0.717, 1.165) is 21.4 Å². The third-order valence-corrected chi connectivity index (χ3v) is 7.13. The monoisotopic (exact) mass is 461 g/mol. The molecule has 0 bridgehead atoms. The Labute approximate surface area is 195 Å². The van der Waals surface area contributed by atoms with Crippen LogP contribution in [-0.4, -0.2) is 22.0 Å². The van der Waals surface area contributed by atoms with Gasteiger partial charge in [-0.15, -0.1) is 23.1 Å². The average Bonchev–Trinajstić information content (AvgIpc) is 3.21. The lowest BCUT2D eigenvalue weighted by atomic mass is 10.1. The van der Waals surface area contributed by atoms with Gasteiger partial charge in [-0.2, -0.15) is 0 Å². The largest absolute Gasteiger partial charge is 0.322 e. The molecule has 1 heterocycles. The van der Waals surface area contributed by atoms with Gasteiger partial charge in [0, 0.05) is 21.5 Å². The molecule has 1 unspecified atom stereocenters. The summed E-state index contributed by atoms with van der Waals surface area (Å²) in [5, 5.41) is 10.2. The minimum atomic E-state index is -0.259. The molecule has 0 aliphatic rings. The zero-order valence-electron chi connectivity index (χ0n) is 17.8. The number of thiazole rings is 1. The van der Waals surface area contributed by atoms with E-state index in [4.69, 9.17) is 0 Å². The zero-order valence-corrected chi connectivity index (χ0v) is 19.4. The molecule has 2 amide bonds. The van der Waals surface area contributed by atoms with Crippen LogP contribution >= 0.6 is 23.1 Å². The van der Waals surface area contributed by atoms with E-state index in [1.807, 2.05) is 86.0 Å². The average molecular weight is 462 g/mol. The minimum absolute atomic E-state index is 0.0718. The molecule has 162 valence electrons. The van der Waals surface area contributed by atoms with Gasteiger partial charge in [0.05, 0.1) is 10.9 Å². The predicted molar refractivity (Wildman–Crippen MR) is 134 cm³/mol. The number of hydrogen-bond donors (Lipinski definition) is 2. The maximum Gasteiger partial charge on any atom is 0.255 e. The Hall–Kier alpha value is -3.16. The van der Waals surface area contributed by atoms with Gasteiger partial charge in [-0.05, 0) is 54.4 Å². The lowest BCUT2D eigenvalue weighted by Gasteiger charge is -2.14. The number of carbonyl (C=O) groups excluding carboxylic acids is 2. The van der Waals surface area contributed by atoms with E-state index >= 15 is 0 Å². The first-order valence-corrected chi connectivity index (χ1v) is 12.1. The molecule has 4 rings (SSSR count). The number of nitrogens with zero attached hydrogens (tertiary/aromatic N) is 1. The Balaban J connectivity index is 1.43. The van der Waals surface area contributed by atoms with Crippen LogP contribution < -0.4 is 10.6 Å². The molecule has 0 aliphatic carbocycles. The minimum Gasteiger partial charge on any atom is -0.322 e. The van der Waals surface area contributed by atoms with Crippen molar-refractivity contribution in [2.24, 2.45) is 0 Å². The SMILES string of the molecule is CCC(Sc1cccc(NC(=O)c2ccc3ccccc3c2)c1)C(=O)Nc1nc(C)cs1. The van der Waals surface area contributed by atoms with Crippen molar-refractivity contribution in [2.75, 3.05) is 10.6 Å². The number of nitrogens with one attached hydrogen (secondary N) is 2. The highest BCUT2D eigenvalue weighted by atomic mass is 32.2. The van der Waals surface area contributed by atoms with E-state index in [1.54, 1.807) is 0 Å². The number of amides is 2. The summed E-state index contributed by atoms with van der Waals surface area (Å²) in [4.78, 5) is 30.7. The molecule has 5 nitrogen and oxygen atoms in total. The van der Waals surface area contributed by atoms with Gasteiger partial charge in [-0.1, -0.05) is 43.3 Å². The summed E-state index contributed by atoms with van der Waals surface area (Å²) < 4.78 is 0. The molecule has 32 heavy (non-hydrogen) atoms. The van der Waals surface area contributed by atoms with E-state index in [0.29, 0.717) is 22.8 Å². The van der Waals surface area contributed by atoms with E-state index in [9.17, 15) is 9.59 Å². The second-order valence-corrected chi connectivity index (χ2v) is 9.48. The van der Waals surface area contributed by atoms with Crippen molar-refractivity contribution in [3.63, 3.8) is 0 Å². The second-order valence-electron chi connectivity index (χ2n) is 7.34. The summed E-state index contributed by atoms with van der Waals surface area (Å²) in [6.45, 7) is 3.88. The van der Waals surface area contributed by atoms with Crippen LogP contribution in [0.5, 0.6) is 0 Å². The number of carbonyl (C=O) groups is 2. The van der Waals surface area contributed by atoms with Crippen molar-refractivity contribution in [1.29, 1.82) is 0 Å². The topological polar surface area (TPSA) is 71.1 Å². The van der Waals surface area contributed by atoms with Crippen LogP contribution in [0, 0.1) is 6.92 Å². The highest BCUT2D eigenvalue weighted by molar-refractivity contribution is 8.00. The molecule has 1 atom stereocenters. The van der Waals surface area contributed by atoms with Gasteiger partial charge < -0.3 is 10.6 Å². The third-order valence-electron chi connectivity index (χ3n) is 4.89. The van der Waals surface area contributed by atoms with Crippen molar-refractivity contribution >= 4 is 56.5 Å². The molecule has 3 aromatic carbocycles. The summed E-state index contributed by atoms with van der Waals surface area (Å²) in [7, 11) is 0. The molecular formula is C25H23N3O2S2. The quantitative estimate of drug-likeness (QED) is 0.314. The van der Waals surface area contributed by atoms with Gasteiger partial charge in [0.25, 0.3) is 5.91 Å². The molecule has 0 saturated carbocycles. The fourth-order valence-electron chi connectivity index (χ4n) is 3.26. The Morgan fingerprint density at radius 2 is 1.81 bits per heavy atom. The number of hydrogen-bond acceptors (Lipinski definition) is 5. The van der Waals surface area contributed by atoms with Gasteiger partial charge in [0.2, 0.25) is 5.91 Å². The standard InChI is InChI=1S/C25H23N3O2S2/c1-3-22(24(30)28-25-26-16(2)15-31-25)32-21-10-6-9-20(14-21)27-23(29)19-12-11-17-7-4-5-8-18(17)13-19/h4-15,22H,3H2,1-2H3,(H,27,29)(H,26,28,30). The van der Waals surface area contributed by atoms with E-state index in [1.165, 1.54) is 23.1 Å². The fourth-order valence-corrected chi connectivity index (χ4v) is 4.97. The summed E-state index contributed by atoms with van der Waals surface area (Å²) in [5.74, 6) is -0.237. The smallest absolute Gasteiger partial charge is 0.255 e. The van der Waals surface area contributed by atoms with Crippen molar-refractivity contribution in [2.45, 2.75) is 30.4 Å². The molecular weight excluding hydrogens is 438 g/mol. The lowest BCUT2D eigenvalue weighted by molar-refractivity contribution is -0.115. The molecule has 0 spiro atoms. The van der Waals surface area contributed by atoms with Crippen molar-refractivity contribution in [1.82, 2.24) is 4.98 Å². The first-order chi connectivity index (χ1) is 15.5. The van der Waals surface area contributed by atoms with Gasteiger partial charge in [0.1, 0.15) is 0 Å². The van der Waals surface area contributed by atoms with E-state index in [-0.39, 0.29) is 17.1 Å². The molecule has 0 fully saturated rings.